The summed E-state index contributed by atoms with van der Waals surface area (Å²) in [6, 6.07) is 6.62. The Hall–Kier alpha value is -2.04. The monoisotopic (exact) mass is 487 g/mol. The van der Waals surface area contributed by atoms with Crippen molar-refractivity contribution in [3.05, 3.63) is 50.1 Å². The molecule has 2 aromatic heterocycles. The molecule has 1 aliphatic rings. The zero-order valence-corrected chi connectivity index (χ0v) is 18.5. The summed E-state index contributed by atoms with van der Waals surface area (Å²) in [5.41, 5.74) is 1.31. The van der Waals surface area contributed by atoms with Crippen LogP contribution in [0, 0.1) is 0 Å². The van der Waals surface area contributed by atoms with Crippen molar-refractivity contribution in [1.29, 1.82) is 0 Å². The van der Waals surface area contributed by atoms with E-state index in [4.69, 9.17) is 11.6 Å². The lowest BCUT2D eigenvalue weighted by molar-refractivity contribution is -0.136. The van der Waals surface area contributed by atoms with Gasteiger partial charge in [0.15, 0.2) is 5.16 Å². The summed E-state index contributed by atoms with van der Waals surface area (Å²) in [5, 5.41) is 3.17. The second-order valence-electron chi connectivity index (χ2n) is 7.08. The Balaban J connectivity index is 1.74. The Morgan fingerprint density at radius 1 is 1.23 bits per heavy atom. The van der Waals surface area contributed by atoms with Crippen LogP contribution in [0.2, 0.25) is 5.02 Å². The van der Waals surface area contributed by atoms with Crippen LogP contribution in [0.5, 0.6) is 0 Å². The molecule has 0 saturated heterocycles. The van der Waals surface area contributed by atoms with Crippen molar-refractivity contribution in [2.45, 2.75) is 37.0 Å². The van der Waals surface area contributed by atoms with E-state index in [1.807, 2.05) is 5.32 Å². The maximum atomic E-state index is 13.5. The maximum Gasteiger partial charge on any atom is 0.405 e. The highest BCUT2D eigenvalue weighted by Crippen LogP contribution is 2.35. The van der Waals surface area contributed by atoms with Gasteiger partial charge in [-0.2, -0.15) is 13.2 Å². The van der Waals surface area contributed by atoms with Crippen molar-refractivity contribution < 1.29 is 18.0 Å². The first-order chi connectivity index (χ1) is 14.7. The Kier molecular flexibility index (Phi) is 6.32. The van der Waals surface area contributed by atoms with Gasteiger partial charge in [-0.3, -0.25) is 14.2 Å². The summed E-state index contributed by atoms with van der Waals surface area (Å²) < 4.78 is 38.4. The number of nitrogens with one attached hydrogen (secondary N) is 1. The molecule has 0 unspecified atom stereocenters. The van der Waals surface area contributed by atoms with E-state index in [1.165, 1.54) is 15.9 Å². The first-order valence-electron chi connectivity index (χ1n) is 9.52. The zero-order chi connectivity index (χ0) is 22.2. The standard InChI is InChI=1S/C20H17ClF3N3O2S2/c21-11-5-7-12(8-6-11)27-18(29)16-13-3-1-2-4-14(13)31-17(16)26-19(27)30-9-15(28)25-10-20(22,23)24/h5-8H,1-4,9-10H2,(H,25,28). The van der Waals surface area contributed by atoms with E-state index in [0.29, 0.717) is 20.9 Å². The Bertz CT molecular complexity index is 1190. The molecule has 0 saturated carbocycles. The lowest BCUT2D eigenvalue weighted by Gasteiger charge is -2.14. The van der Waals surface area contributed by atoms with Crippen molar-refractivity contribution in [3.8, 4) is 5.69 Å². The zero-order valence-electron chi connectivity index (χ0n) is 16.1. The molecular formula is C20H17ClF3N3O2S2. The number of alkyl halides is 3. The summed E-state index contributed by atoms with van der Waals surface area (Å²) >= 11 is 8.37. The molecule has 0 radical (unpaired) electrons. The van der Waals surface area contributed by atoms with Crippen molar-refractivity contribution >= 4 is 50.8 Å². The second kappa shape index (κ2) is 8.84. The van der Waals surface area contributed by atoms with E-state index < -0.39 is 18.6 Å². The molecule has 1 aromatic carbocycles. The fourth-order valence-corrected chi connectivity index (χ4v) is 5.75. The molecule has 4 rings (SSSR count). The van der Waals surface area contributed by atoms with Crippen LogP contribution in [-0.2, 0) is 17.6 Å². The number of halogens is 4. The number of hydrogen-bond acceptors (Lipinski definition) is 5. The molecule has 3 aromatic rings. The van der Waals surface area contributed by atoms with Gasteiger partial charge in [0.2, 0.25) is 5.91 Å². The van der Waals surface area contributed by atoms with E-state index >= 15 is 0 Å². The van der Waals surface area contributed by atoms with E-state index in [9.17, 15) is 22.8 Å². The number of thiophene rings is 1. The highest BCUT2D eigenvalue weighted by Gasteiger charge is 2.28. The average Bonchev–Trinajstić information content (AvgIpc) is 3.10. The molecule has 0 fully saturated rings. The lowest BCUT2D eigenvalue weighted by atomic mass is 9.97. The van der Waals surface area contributed by atoms with Crippen molar-refractivity contribution in [2.24, 2.45) is 0 Å². The number of carbonyl (C=O) groups is 1. The Morgan fingerprint density at radius 3 is 2.65 bits per heavy atom. The Labute approximate surface area is 188 Å². The number of amides is 1. The minimum absolute atomic E-state index is 0.245. The third kappa shape index (κ3) is 4.91. The molecule has 2 heterocycles. The molecule has 1 aliphatic carbocycles. The molecule has 0 spiro atoms. The minimum atomic E-state index is -4.49. The average molecular weight is 488 g/mol. The van der Waals surface area contributed by atoms with Crippen molar-refractivity contribution in [3.63, 3.8) is 0 Å². The molecule has 31 heavy (non-hydrogen) atoms. The van der Waals surface area contributed by atoms with Gasteiger partial charge in [0.1, 0.15) is 11.4 Å². The minimum Gasteiger partial charge on any atom is -0.346 e. The molecule has 164 valence electrons. The number of carbonyl (C=O) groups excluding carboxylic acids is 1. The van der Waals surface area contributed by atoms with Crippen LogP contribution < -0.4 is 10.9 Å². The van der Waals surface area contributed by atoms with Crippen LogP contribution in [0.1, 0.15) is 23.3 Å². The highest BCUT2D eigenvalue weighted by atomic mass is 35.5. The first-order valence-corrected chi connectivity index (χ1v) is 11.7. The number of hydrogen-bond donors (Lipinski definition) is 1. The number of rotatable bonds is 5. The SMILES string of the molecule is O=C(CSc1nc2sc3c(c2c(=O)n1-c1ccc(Cl)cc1)CCCC3)NCC(F)(F)F. The summed E-state index contributed by atoms with van der Waals surface area (Å²) in [5.74, 6) is -1.09. The van der Waals surface area contributed by atoms with E-state index in [-0.39, 0.29) is 16.5 Å². The highest BCUT2D eigenvalue weighted by molar-refractivity contribution is 7.99. The lowest BCUT2D eigenvalue weighted by Crippen LogP contribution is -2.35. The predicted molar refractivity (Wildman–Crippen MR) is 117 cm³/mol. The topological polar surface area (TPSA) is 64.0 Å². The van der Waals surface area contributed by atoms with Crippen LogP contribution in [0.3, 0.4) is 0 Å². The van der Waals surface area contributed by atoms with Gasteiger partial charge < -0.3 is 5.32 Å². The Morgan fingerprint density at radius 2 is 1.94 bits per heavy atom. The van der Waals surface area contributed by atoms with Gasteiger partial charge in [-0.25, -0.2) is 4.98 Å². The maximum absolute atomic E-state index is 13.5. The van der Waals surface area contributed by atoms with Crippen LogP contribution >= 0.6 is 34.7 Å². The summed E-state index contributed by atoms with van der Waals surface area (Å²) in [6.07, 6.45) is -0.696. The van der Waals surface area contributed by atoms with Gasteiger partial charge in [0, 0.05) is 9.90 Å². The van der Waals surface area contributed by atoms with Gasteiger partial charge in [0.05, 0.1) is 16.8 Å². The third-order valence-electron chi connectivity index (χ3n) is 4.86. The molecule has 11 heteroatoms. The molecule has 0 atom stereocenters. The largest absolute Gasteiger partial charge is 0.405 e. The predicted octanol–water partition coefficient (Wildman–Crippen LogP) is 4.75. The molecule has 0 bridgehead atoms. The number of aryl methyl sites for hydroxylation is 2. The summed E-state index contributed by atoms with van der Waals surface area (Å²) in [4.78, 5) is 31.8. The van der Waals surface area contributed by atoms with Gasteiger partial charge in [-0.15, -0.1) is 11.3 Å². The van der Waals surface area contributed by atoms with Crippen LogP contribution in [0.15, 0.2) is 34.2 Å². The van der Waals surface area contributed by atoms with Gasteiger partial charge in [-0.1, -0.05) is 23.4 Å². The molecule has 1 amide bonds. The van der Waals surface area contributed by atoms with E-state index in [1.54, 1.807) is 24.3 Å². The van der Waals surface area contributed by atoms with Gasteiger partial charge >= 0.3 is 6.18 Å². The molecular weight excluding hydrogens is 471 g/mol. The summed E-state index contributed by atoms with van der Waals surface area (Å²) in [7, 11) is 0. The van der Waals surface area contributed by atoms with Crippen LogP contribution in [0.4, 0.5) is 13.2 Å². The fraction of sp³-hybridized carbons (Fsp3) is 0.350. The van der Waals surface area contributed by atoms with Crippen LogP contribution in [-0.4, -0.2) is 33.9 Å². The quantitative estimate of drug-likeness (QED) is 0.416. The van der Waals surface area contributed by atoms with Gasteiger partial charge in [-0.05, 0) is 55.5 Å². The molecule has 0 aliphatic heterocycles. The van der Waals surface area contributed by atoms with E-state index in [0.717, 1.165) is 47.9 Å². The van der Waals surface area contributed by atoms with Gasteiger partial charge in [0.25, 0.3) is 5.56 Å². The van der Waals surface area contributed by atoms with Crippen molar-refractivity contribution in [1.82, 2.24) is 14.9 Å². The van der Waals surface area contributed by atoms with E-state index in [2.05, 4.69) is 4.98 Å². The molecule has 5 nitrogen and oxygen atoms in total. The van der Waals surface area contributed by atoms with Crippen molar-refractivity contribution in [2.75, 3.05) is 12.3 Å². The number of thioether (sulfide) groups is 1. The number of fused-ring (bicyclic) bond motifs is 3. The second-order valence-corrected chi connectivity index (χ2v) is 9.55. The fourth-order valence-electron chi connectivity index (χ4n) is 3.48. The number of nitrogens with zero attached hydrogens (tertiary/aromatic N) is 2. The first kappa shape index (κ1) is 22.2. The number of aromatic nitrogens is 2. The summed E-state index contributed by atoms with van der Waals surface area (Å²) in [6.45, 7) is -1.40. The molecule has 1 N–H and O–H groups in total. The normalized spacial score (nSPS) is 13.9. The smallest absolute Gasteiger partial charge is 0.346 e. The number of benzene rings is 1. The van der Waals surface area contributed by atoms with Crippen LogP contribution in [0.25, 0.3) is 15.9 Å². The third-order valence-corrected chi connectivity index (χ3v) is 7.24.